The van der Waals surface area contributed by atoms with Gasteiger partial charge in [0, 0.05) is 12.7 Å². The molecule has 100 valence electrons. The fourth-order valence-electron chi connectivity index (χ4n) is 1.74. The quantitative estimate of drug-likeness (QED) is 0.706. The van der Waals surface area contributed by atoms with Crippen LogP contribution in [-0.2, 0) is 4.74 Å². The Balaban J connectivity index is 2.64. The summed E-state index contributed by atoms with van der Waals surface area (Å²) < 4.78 is 16.3. The molecule has 1 atom stereocenters. The fraction of sp³-hybridized carbons (Fsp3) is 0.467. The van der Waals surface area contributed by atoms with Gasteiger partial charge in [0.2, 0.25) is 0 Å². The van der Waals surface area contributed by atoms with E-state index in [4.69, 9.17) is 14.2 Å². The predicted molar refractivity (Wildman–Crippen MR) is 74.3 cm³/mol. The first kappa shape index (κ1) is 14.6. The van der Waals surface area contributed by atoms with Crippen molar-refractivity contribution in [2.75, 3.05) is 20.8 Å². The molecule has 0 radical (unpaired) electrons. The van der Waals surface area contributed by atoms with Gasteiger partial charge >= 0.3 is 0 Å². The molecule has 0 fully saturated rings. The molecule has 1 aromatic carbocycles. The van der Waals surface area contributed by atoms with Gasteiger partial charge < -0.3 is 14.2 Å². The Hall–Kier alpha value is -1.48. The number of rotatable bonds is 8. The Morgan fingerprint density at radius 2 is 2.11 bits per heavy atom. The Morgan fingerprint density at radius 1 is 1.33 bits per heavy atom. The molecule has 0 aliphatic carbocycles. The molecule has 0 heterocycles. The average Bonchev–Trinajstić information content (AvgIpc) is 2.42. The van der Waals surface area contributed by atoms with Crippen LogP contribution in [-0.4, -0.2) is 26.9 Å². The van der Waals surface area contributed by atoms with Gasteiger partial charge in [0.15, 0.2) is 0 Å². The molecule has 0 amide bonds. The van der Waals surface area contributed by atoms with E-state index in [1.807, 2.05) is 18.2 Å². The van der Waals surface area contributed by atoms with Crippen molar-refractivity contribution in [3.63, 3.8) is 0 Å². The fourth-order valence-corrected chi connectivity index (χ4v) is 1.74. The maximum Gasteiger partial charge on any atom is 0.126 e. The predicted octanol–water partition coefficient (Wildman–Crippen LogP) is 3.53. The molecule has 3 heteroatoms. The highest BCUT2D eigenvalue weighted by atomic mass is 16.5. The van der Waals surface area contributed by atoms with Crippen molar-refractivity contribution in [3.05, 3.63) is 30.3 Å². The summed E-state index contributed by atoms with van der Waals surface area (Å²) in [7, 11) is 3.36. The number of ether oxygens (including phenoxy) is 3. The Morgan fingerprint density at radius 3 is 2.67 bits per heavy atom. The first-order valence-electron chi connectivity index (χ1n) is 6.21. The molecule has 3 nitrogen and oxygen atoms in total. The molecular weight excluding hydrogens is 228 g/mol. The number of hydrogen-bond acceptors (Lipinski definition) is 3. The zero-order valence-electron chi connectivity index (χ0n) is 11.4. The second kappa shape index (κ2) is 7.77. The van der Waals surface area contributed by atoms with Gasteiger partial charge in [-0.05, 0) is 24.6 Å². The van der Waals surface area contributed by atoms with E-state index in [9.17, 15) is 0 Å². The van der Waals surface area contributed by atoms with E-state index in [-0.39, 0.29) is 6.10 Å². The van der Waals surface area contributed by atoms with Crippen molar-refractivity contribution in [3.8, 4) is 11.5 Å². The van der Waals surface area contributed by atoms with E-state index in [2.05, 4.69) is 13.5 Å². The molecule has 18 heavy (non-hydrogen) atoms. The van der Waals surface area contributed by atoms with Gasteiger partial charge in [-0.3, -0.25) is 0 Å². The molecule has 0 bridgehead atoms. The summed E-state index contributed by atoms with van der Waals surface area (Å²) in [5, 5.41) is 0. The lowest BCUT2D eigenvalue weighted by Crippen LogP contribution is -2.19. The van der Waals surface area contributed by atoms with Crippen molar-refractivity contribution < 1.29 is 14.2 Å². The summed E-state index contributed by atoms with van der Waals surface area (Å²) in [5.74, 6) is 1.61. The maximum absolute atomic E-state index is 5.73. The van der Waals surface area contributed by atoms with Crippen LogP contribution < -0.4 is 9.47 Å². The van der Waals surface area contributed by atoms with E-state index in [0.29, 0.717) is 6.61 Å². The molecule has 0 aliphatic rings. The largest absolute Gasteiger partial charge is 0.496 e. The lowest BCUT2D eigenvalue weighted by atomic mass is 10.2. The zero-order valence-corrected chi connectivity index (χ0v) is 11.4. The highest BCUT2D eigenvalue weighted by Crippen LogP contribution is 2.25. The minimum Gasteiger partial charge on any atom is -0.496 e. The molecule has 1 aromatic rings. The lowest BCUT2D eigenvalue weighted by Gasteiger charge is -2.16. The van der Waals surface area contributed by atoms with Crippen molar-refractivity contribution in [1.82, 2.24) is 0 Å². The molecule has 0 saturated carbocycles. The smallest absolute Gasteiger partial charge is 0.126 e. The van der Waals surface area contributed by atoms with Gasteiger partial charge in [-0.2, -0.15) is 0 Å². The van der Waals surface area contributed by atoms with Crippen molar-refractivity contribution in [2.24, 2.45) is 0 Å². The van der Waals surface area contributed by atoms with E-state index in [1.54, 1.807) is 20.3 Å². The monoisotopic (exact) mass is 250 g/mol. The highest BCUT2D eigenvalue weighted by Gasteiger charge is 2.08. The molecular formula is C15H22O3. The minimum absolute atomic E-state index is 0.143. The Kier molecular flexibility index (Phi) is 6.29. The molecule has 1 rings (SSSR count). The zero-order chi connectivity index (χ0) is 13.4. The van der Waals surface area contributed by atoms with Gasteiger partial charge in [-0.15, -0.1) is 0 Å². The van der Waals surface area contributed by atoms with Crippen LogP contribution in [0.5, 0.6) is 11.5 Å². The van der Waals surface area contributed by atoms with Gasteiger partial charge in [-0.1, -0.05) is 26.0 Å². The molecule has 0 spiro atoms. The number of benzene rings is 1. The van der Waals surface area contributed by atoms with Crippen molar-refractivity contribution >= 4 is 6.08 Å². The summed E-state index contributed by atoms with van der Waals surface area (Å²) in [6.07, 6.45) is 3.99. The summed E-state index contributed by atoms with van der Waals surface area (Å²) >= 11 is 0. The second-order valence-corrected chi connectivity index (χ2v) is 4.07. The SMILES string of the molecule is C=Cc1cc(OCC(CCC)OC)ccc1OC. The van der Waals surface area contributed by atoms with Crippen LogP contribution in [0, 0.1) is 0 Å². The third-order valence-electron chi connectivity index (χ3n) is 2.80. The lowest BCUT2D eigenvalue weighted by molar-refractivity contribution is 0.0515. The van der Waals surface area contributed by atoms with Gasteiger partial charge in [0.05, 0.1) is 13.2 Å². The molecule has 0 aromatic heterocycles. The molecule has 0 N–H and O–H groups in total. The van der Waals surface area contributed by atoms with E-state index in [0.717, 1.165) is 29.9 Å². The molecule has 0 aliphatic heterocycles. The highest BCUT2D eigenvalue weighted by molar-refractivity contribution is 5.58. The third kappa shape index (κ3) is 4.08. The van der Waals surface area contributed by atoms with Crippen molar-refractivity contribution in [1.29, 1.82) is 0 Å². The Bertz CT molecular complexity index is 374. The van der Waals surface area contributed by atoms with Gasteiger partial charge in [-0.25, -0.2) is 0 Å². The topological polar surface area (TPSA) is 27.7 Å². The normalized spacial score (nSPS) is 11.9. The average molecular weight is 250 g/mol. The van der Waals surface area contributed by atoms with Crippen molar-refractivity contribution in [2.45, 2.75) is 25.9 Å². The van der Waals surface area contributed by atoms with Gasteiger partial charge in [0.1, 0.15) is 18.1 Å². The summed E-state index contributed by atoms with van der Waals surface area (Å²) in [4.78, 5) is 0. The number of methoxy groups -OCH3 is 2. The number of hydrogen-bond donors (Lipinski definition) is 0. The van der Waals surface area contributed by atoms with Crippen LogP contribution in [0.1, 0.15) is 25.3 Å². The third-order valence-corrected chi connectivity index (χ3v) is 2.80. The van der Waals surface area contributed by atoms with Crippen LogP contribution in [0.15, 0.2) is 24.8 Å². The standard InChI is InChI=1S/C15H22O3/c1-5-7-14(16-3)11-18-13-8-9-15(17-4)12(6-2)10-13/h6,8-10,14H,2,5,7,11H2,1,3-4H3. The summed E-state index contributed by atoms with van der Waals surface area (Å²) in [5.41, 5.74) is 0.930. The van der Waals surface area contributed by atoms with Crippen LogP contribution in [0.4, 0.5) is 0 Å². The van der Waals surface area contributed by atoms with Crippen LogP contribution in [0.3, 0.4) is 0 Å². The molecule has 0 saturated heterocycles. The Labute approximate surface area is 109 Å². The van der Waals surface area contributed by atoms with E-state index < -0.39 is 0 Å². The minimum atomic E-state index is 0.143. The summed E-state index contributed by atoms with van der Waals surface area (Å²) in [6, 6.07) is 5.70. The maximum atomic E-state index is 5.73. The van der Waals surface area contributed by atoms with Gasteiger partial charge in [0.25, 0.3) is 0 Å². The first-order valence-corrected chi connectivity index (χ1v) is 6.21. The van der Waals surface area contributed by atoms with Crippen LogP contribution >= 0.6 is 0 Å². The van der Waals surface area contributed by atoms with Crippen LogP contribution in [0.2, 0.25) is 0 Å². The molecule has 1 unspecified atom stereocenters. The van der Waals surface area contributed by atoms with Crippen LogP contribution in [0.25, 0.3) is 6.08 Å². The second-order valence-electron chi connectivity index (χ2n) is 4.07. The van der Waals surface area contributed by atoms with E-state index >= 15 is 0 Å². The summed E-state index contributed by atoms with van der Waals surface area (Å²) in [6.45, 7) is 6.46. The van der Waals surface area contributed by atoms with E-state index in [1.165, 1.54) is 0 Å². The first-order chi connectivity index (χ1) is 8.74.